The molecule has 1 heterocycles. The van der Waals surface area contributed by atoms with E-state index in [0.29, 0.717) is 24.3 Å². The molecule has 2 aromatic rings. The second kappa shape index (κ2) is 8.95. The van der Waals surface area contributed by atoms with Crippen molar-refractivity contribution >= 4 is 17.5 Å². The first-order valence-corrected chi connectivity index (χ1v) is 9.28. The SMILES string of the molecule is Cc1c(F)cccc1NC(=O)CN1CCN(Cc2ccccc2)C[C@H]1C(N)=O. The molecule has 1 aliphatic heterocycles. The van der Waals surface area contributed by atoms with Crippen LogP contribution < -0.4 is 11.1 Å². The number of halogens is 1. The smallest absolute Gasteiger partial charge is 0.238 e. The molecule has 7 heteroatoms. The van der Waals surface area contributed by atoms with Crippen LogP contribution in [0.5, 0.6) is 0 Å². The fourth-order valence-electron chi connectivity index (χ4n) is 3.44. The molecular weight excluding hydrogens is 359 g/mol. The van der Waals surface area contributed by atoms with Gasteiger partial charge in [0.15, 0.2) is 0 Å². The van der Waals surface area contributed by atoms with E-state index in [1.54, 1.807) is 24.0 Å². The highest BCUT2D eigenvalue weighted by molar-refractivity contribution is 5.93. The average Bonchev–Trinajstić information content (AvgIpc) is 2.67. The minimum absolute atomic E-state index is 0.0305. The molecule has 0 unspecified atom stereocenters. The van der Waals surface area contributed by atoms with Crippen LogP contribution in [-0.2, 0) is 16.1 Å². The Hall–Kier alpha value is -2.77. The van der Waals surface area contributed by atoms with E-state index in [1.165, 1.54) is 11.6 Å². The molecule has 3 N–H and O–H groups in total. The molecule has 0 bridgehead atoms. The first-order chi connectivity index (χ1) is 13.4. The molecule has 28 heavy (non-hydrogen) atoms. The van der Waals surface area contributed by atoms with Crippen LogP contribution in [0, 0.1) is 12.7 Å². The molecule has 3 rings (SSSR count). The molecule has 2 amide bonds. The van der Waals surface area contributed by atoms with Crippen LogP contribution >= 0.6 is 0 Å². The number of hydrogen-bond donors (Lipinski definition) is 2. The van der Waals surface area contributed by atoms with Crippen molar-refractivity contribution in [1.29, 1.82) is 0 Å². The highest BCUT2D eigenvalue weighted by Crippen LogP contribution is 2.18. The van der Waals surface area contributed by atoms with Crippen molar-refractivity contribution in [2.75, 3.05) is 31.5 Å². The van der Waals surface area contributed by atoms with Crippen molar-refractivity contribution in [2.45, 2.75) is 19.5 Å². The number of rotatable bonds is 6. The third kappa shape index (κ3) is 4.94. The van der Waals surface area contributed by atoms with E-state index < -0.39 is 11.9 Å². The predicted octanol–water partition coefficient (Wildman–Crippen LogP) is 1.74. The van der Waals surface area contributed by atoms with Crippen molar-refractivity contribution in [3.05, 3.63) is 65.5 Å². The normalized spacial score (nSPS) is 18.0. The minimum atomic E-state index is -0.545. The average molecular weight is 384 g/mol. The molecule has 0 aliphatic carbocycles. The van der Waals surface area contributed by atoms with Gasteiger partial charge in [0.05, 0.1) is 6.54 Å². The second-order valence-electron chi connectivity index (χ2n) is 7.07. The summed E-state index contributed by atoms with van der Waals surface area (Å²) in [5, 5.41) is 2.72. The lowest BCUT2D eigenvalue weighted by atomic mass is 10.1. The standard InChI is InChI=1S/C21H25FN4O2/c1-15-17(22)8-5-9-18(15)24-20(27)14-26-11-10-25(13-19(26)21(23)28)12-16-6-3-2-4-7-16/h2-9,19H,10-14H2,1H3,(H2,23,28)(H,24,27)/t19-/m0/s1. The van der Waals surface area contributed by atoms with Crippen molar-refractivity contribution in [2.24, 2.45) is 5.73 Å². The summed E-state index contributed by atoms with van der Waals surface area (Å²) in [4.78, 5) is 28.4. The summed E-state index contributed by atoms with van der Waals surface area (Å²) in [5.41, 5.74) is 7.58. The van der Waals surface area contributed by atoms with Gasteiger partial charge in [-0.25, -0.2) is 4.39 Å². The van der Waals surface area contributed by atoms with Crippen molar-refractivity contribution in [1.82, 2.24) is 9.80 Å². The van der Waals surface area contributed by atoms with Crippen molar-refractivity contribution in [3.8, 4) is 0 Å². The minimum Gasteiger partial charge on any atom is -0.368 e. The number of amides is 2. The lowest BCUT2D eigenvalue weighted by molar-refractivity contribution is -0.127. The van der Waals surface area contributed by atoms with Gasteiger partial charge in [0.25, 0.3) is 0 Å². The zero-order valence-corrected chi connectivity index (χ0v) is 15.9. The predicted molar refractivity (Wildman–Crippen MR) is 106 cm³/mol. The quantitative estimate of drug-likeness (QED) is 0.795. The van der Waals surface area contributed by atoms with E-state index >= 15 is 0 Å². The summed E-state index contributed by atoms with van der Waals surface area (Å²) in [7, 11) is 0. The maximum absolute atomic E-state index is 13.6. The van der Waals surface area contributed by atoms with Crippen LogP contribution in [0.15, 0.2) is 48.5 Å². The summed E-state index contributed by atoms with van der Waals surface area (Å²) < 4.78 is 13.6. The van der Waals surface area contributed by atoms with Gasteiger partial charge in [0, 0.05) is 37.4 Å². The van der Waals surface area contributed by atoms with E-state index in [2.05, 4.69) is 10.2 Å². The fraction of sp³-hybridized carbons (Fsp3) is 0.333. The Morgan fingerprint density at radius 3 is 2.61 bits per heavy atom. The Morgan fingerprint density at radius 2 is 1.89 bits per heavy atom. The molecule has 1 fully saturated rings. The van der Waals surface area contributed by atoms with Gasteiger partial charge >= 0.3 is 0 Å². The third-order valence-electron chi connectivity index (χ3n) is 5.04. The Morgan fingerprint density at radius 1 is 1.14 bits per heavy atom. The third-order valence-corrected chi connectivity index (χ3v) is 5.04. The Kier molecular flexibility index (Phi) is 6.38. The highest BCUT2D eigenvalue weighted by atomic mass is 19.1. The number of primary amides is 1. The molecule has 2 aromatic carbocycles. The highest BCUT2D eigenvalue weighted by Gasteiger charge is 2.32. The van der Waals surface area contributed by atoms with Crippen LogP contribution in [0.1, 0.15) is 11.1 Å². The maximum atomic E-state index is 13.6. The maximum Gasteiger partial charge on any atom is 0.238 e. The van der Waals surface area contributed by atoms with Crippen molar-refractivity contribution in [3.63, 3.8) is 0 Å². The van der Waals surface area contributed by atoms with E-state index in [1.807, 2.05) is 30.3 Å². The summed E-state index contributed by atoms with van der Waals surface area (Å²) in [6.45, 7) is 4.12. The van der Waals surface area contributed by atoms with Gasteiger partial charge in [-0.2, -0.15) is 0 Å². The molecule has 0 radical (unpaired) electrons. The van der Waals surface area contributed by atoms with Gasteiger partial charge in [0.1, 0.15) is 11.9 Å². The van der Waals surface area contributed by atoms with Gasteiger partial charge in [-0.05, 0) is 24.6 Å². The molecule has 0 spiro atoms. The molecule has 1 atom stereocenters. The zero-order valence-electron chi connectivity index (χ0n) is 15.9. The Bertz CT molecular complexity index is 844. The summed E-state index contributed by atoms with van der Waals surface area (Å²) in [5.74, 6) is -1.12. The van der Waals surface area contributed by atoms with Gasteiger partial charge in [-0.3, -0.25) is 19.4 Å². The molecule has 1 aliphatic rings. The molecule has 0 aromatic heterocycles. The molecule has 6 nitrogen and oxygen atoms in total. The Balaban J connectivity index is 1.61. The number of piperazine rings is 1. The molecule has 0 saturated carbocycles. The number of carbonyl (C=O) groups is 2. The zero-order chi connectivity index (χ0) is 20.1. The van der Waals surface area contributed by atoms with Gasteiger partial charge < -0.3 is 11.1 Å². The van der Waals surface area contributed by atoms with Gasteiger partial charge in [-0.15, -0.1) is 0 Å². The van der Waals surface area contributed by atoms with E-state index in [0.717, 1.165) is 13.1 Å². The lowest BCUT2D eigenvalue weighted by Crippen LogP contribution is -2.59. The number of nitrogens with one attached hydrogen (secondary N) is 1. The van der Waals surface area contributed by atoms with Crippen LogP contribution in [0.25, 0.3) is 0 Å². The topological polar surface area (TPSA) is 78.7 Å². The first-order valence-electron chi connectivity index (χ1n) is 9.28. The number of benzene rings is 2. The molecule has 1 saturated heterocycles. The van der Waals surface area contributed by atoms with Crippen LogP contribution in [0.3, 0.4) is 0 Å². The van der Waals surface area contributed by atoms with E-state index in [4.69, 9.17) is 5.73 Å². The second-order valence-corrected chi connectivity index (χ2v) is 7.07. The molecular formula is C21H25FN4O2. The first kappa shape index (κ1) is 20.0. The van der Waals surface area contributed by atoms with E-state index in [-0.39, 0.29) is 18.3 Å². The summed E-state index contributed by atoms with van der Waals surface area (Å²) in [6, 6.07) is 14.0. The monoisotopic (exact) mass is 384 g/mol. The van der Waals surface area contributed by atoms with E-state index in [9.17, 15) is 14.0 Å². The number of nitrogens with two attached hydrogens (primary N) is 1. The fourth-order valence-corrected chi connectivity index (χ4v) is 3.44. The molecule has 148 valence electrons. The Labute approximate surface area is 164 Å². The van der Waals surface area contributed by atoms with Gasteiger partial charge in [-0.1, -0.05) is 36.4 Å². The van der Waals surface area contributed by atoms with Gasteiger partial charge in [0.2, 0.25) is 11.8 Å². The largest absolute Gasteiger partial charge is 0.368 e. The number of anilines is 1. The number of hydrogen-bond acceptors (Lipinski definition) is 4. The number of carbonyl (C=O) groups excluding carboxylic acids is 2. The summed E-state index contributed by atoms with van der Waals surface area (Å²) in [6.07, 6.45) is 0. The van der Waals surface area contributed by atoms with Crippen LogP contribution in [-0.4, -0.2) is 53.8 Å². The van der Waals surface area contributed by atoms with Crippen LogP contribution in [0.4, 0.5) is 10.1 Å². The lowest BCUT2D eigenvalue weighted by Gasteiger charge is -2.39. The van der Waals surface area contributed by atoms with Crippen molar-refractivity contribution < 1.29 is 14.0 Å². The van der Waals surface area contributed by atoms with Crippen LogP contribution in [0.2, 0.25) is 0 Å². The summed E-state index contributed by atoms with van der Waals surface area (Å²) >= 11 is 0. The number of nitrogens with zero attached hydrogens (tertiary/aromatic N) is 2.